The zero-order valence-corrected chi connectivity index (χ0v) is 13.0. The van der Waals surface area contributed by atoms with Gasteiger partial charge in [0.25, 0.3) is 0 Å². The highest BCUT2D eigenvalue weighted by molar-refractivity contribution is 5.86. The van der Waals surface area contributed by atoms with Crippen molar-refractivity contribution >= 4 is 16.9 Å². The molecule has 0 aliphatic carbocycles. The van der Waals surface area contributed by atoms with Crippen molar-refractivity contribution < 1.29 is 4.74 Å². The van der Waals surface area contributed by atoms with Crippen LogP contribution in [0.4, 0.5) is 0 Å². The van der Waals surface area contributed by atoms with E-state index in [0.29, 0.717) is 6.61 Å². The Balaban J connectivity index is 1.90. The van der Waals surface area contributed by atoms with Gasteiger partial charge in [-0.3, -0.25) is 4.99 Å². The number of hydrogen-bond donors (Lipinski definition) is 3. The zero-order chi connectivity index (χ0) is 15.1. The molecule has 0 atom stereocenters. The van der Waals surface area contributed by atoms with Crippen molar-refractivity contribution in [2.45, 2.75) is 13.3 Å². The molecule has 0 fully saturated rings. The van der Waals surface area contributed by atoms with E-state index < -0.39 is 0 Å². The van der Waals surface area contributed by atoms with Gasteiger partial charge in [0.15, 0.2) is 5.96 Å². The van der Waals surface area contributed by atoms with Crippen LogP contribution in [0.1, 0.15) is 11.1 Å². The minimum Gasteiger partial charge on any atom is -0.383 e. The van der Waals surface area contributed by atoms with Crippen molar-refractivity contribution in [2.75, 3.05) is 33.9 Å². The third kappa shape index (κ3) is 3.98. The fourth-order valence-electron chi connectivity index (χ4n) is 2.46. The molecule has 0 radical (unpaired) electrons. The summed E-state index contributed by atoms with van der Waals surface area (Å²) in [6, 6.07) is 6.35. The number of nitrogens with zero attached hydrogens (tertiary/aromatic N) is 1. The van der Waals surface area contributed by atoms with Gasteiger partial charge >= 0.3 is 0 Å². The lowest BCUT2D eigenvalue weighted by Gasteiger charge is -2.11. The number of nitrogens with one attached hydrogen (secondary N) is 3. The highest BCUT2D eigenvalue weighted by atomic mass is 16.5. The first kappa shape index (κ1) is 15.4. The number of guanidine groups is 1. The number of aromatic nitrogens is 1. The molecule has 0 aliphatic rings. The second kappa shape index (κ2) is 7.69. The lowest BCUT2D eigenvalue weighted by Crippen LogP contribution is -2.39. The number of benzene rings is 1. The van der Waals surface area contributed by atoms with Gasteiger partial charge in [-0.25, -0.2) is 0 Å². The first-order chi connectivity index (χ1) is 10.3. The van der Waals surface area contributed by atoms with Crippen LogP contribution in [0.15, 0.2) is 29.4 Å². The van der Waals surface area contributed by atoms with E-state index in [1.54, 1.807) is 14.2 Å². The molecule has 114 valence electrons. The van der Waals surface area contributed by atoms with E-state index in [2.05, 4.69) is 51.9 Å². The molecule has 21 heavy (non-hydrogen) atoms. The van der Waals surface area contributed by atoms with Crippen molar-refractivity contribution in [3.63, 3.8) is 0 Å². The lowest BCUT2D eigenvalue weighted by atomic mass is 10.1. The molecule has 1 aromatic carbocycles. The Morgan fingerprint density at radius 2 is 2.10 bits per heavy atom. The van der Waals surface area contributed by atoms with E-state index in [1.807, 2.05) is 0 Å². The number of H-pyrrole nitrogens is 1. The third-order valence-corrected chi connectivity index (χ3v) is 3.50. The number of aliphatic imine (C=N–C) groups is 1. The number of fused-ring (bicyclic) bond motifs is 1. The molecule has 0 spiro atoms. The summed E-state index contributed by atoms with van der Waals surface area (Å²) in [6.45, 7) is 4.41. The maximum absolute atomic E-state index is 5.01. The molecule has 2 aromatic rings. The first-order valence-corrected chi connectivity index (χ1v) is 7.25. The zero-order valence-electron chi connectivity index (χ0n) is 13.0. The molecular formula is C16H24N4O. The normalized spacial score (nSPS) is 11.9. The molecule has 5 nitrogen and oxygen atoms in total. The van der Waals surface area contributed by atoms with Gasteiger partial charge in [-0.05, 0) is 30.5 Å². The van der Waals surface area contributed by atoms with Gasteiger partial charge in [0.05, 0.1) is 6.61 Å². The molecule has 0 aliphatic heterocycles. The number of methoxy groups -OCH3 is 1. The maximum Gasteiger partial charge on any atom is 0.191 e. The Morgan fingerprint density at radius 1 is 1.29 bits per heavy atom. The number of ether oxygens (including phenoxy) is 1. The minimum absolute atomic E-state index is 0.669. The van der Waals surface area contributed by atoms with Gasteiger partial charge in [-0.15, -0.1) is 0 Å². The number of hydrogen-bond acceptors (Lipinski definition) is 2. The van der Waals surface area contributed by atoms with E-state index in [4.69, 9.17) is 4.74 Å². The minimum atomic E-state index is 0.669. The lowest BCUT2D eigenvalue weighted by molar-refractivity contribution is 0.203. The number of aromatic amines is 1. The number of aryl methyl sites for hydroxylation is 1. The fraction of sp³-hybridized carbons (Fsp3) is 0.438. The third-order valence-electron chi connectivity index (χ3n) is 3.50. The van der Waals surface area contributed by atoms with Crippen LogP contribution in [0, 0.1) is 6.92 Å². The Kier molecular flexibility index (Phi) is 5.63. The molecule has 1 heterocycles. The van der Waals surface area contributed by atoms with Crippen LogP contribution in [-0.2, 0) is 11.2 Å². The summed E-state index contributed by atoms with van der Waals surface area (Å²) >= 11 is 0. The standard InChI is InChI=1S/C16H24N4O/c1-12-5-4-6-14-15(12)13(11-20-14)7-8-18-16(17-2)19-9-10-21-3/h4-6,11,20H,7-10H2,1-3H3,(H2,17,18,19). The summed E-state index contributed by atoms with van der Waals surface area (Å²) in [5.74, 6) is 0.809. The largest absolute Gasteiger partial charge is 0.383 e. The predicted molar refractivity (Wildman–Crippen MR) is 88.0 cm³/mol. The summed E-state index contributed by atoms with van der Waals surface area (Å²) in [5.41, 5.74) is 3.85. The van der Waals surface area contributed by atoms with Crippen molar-refractivity contribution in [1.29, 1.82) is 0 Å². The van der Waals surface area contributed by atoms with Gasteiger partial charge in [0.1, 0.15) is 0 Å². The predicted octanol–water partition coefficient (Wildman–Crippen LogP) is 1.83. The monoisotopic (exact) mass is 288 g/mol. The molecule has 3 N–H and O–H groups in total. The Bertz CT molecular complexity index is 603. The van der Waals surface area contributed by atoms with Crippen molar-refractivity contribution in [3.8, 4) is 0 Å². The summed E-state index contributed by atoms with van der Waals surface area (Å²) in [5, 5.41) is 7.86. The molecule has 0 saturated heterocycles. The average molecular weight is 288 g/mol. The second-order valence-corrected chi connectivity index (χ2v) is 4.98. The van der Waals surface area contributed by atoms with Gasteiger partial charge in [0, 0.05) is 44.3 Å². The van der Waals surface area contributed by atoms with Crippen molar-refractivity contribution in [3.05, 3.63) is 35.5 Å². The van der Waals surface area contributed by atoms with E-state index in [-0.39, 0.29) is 0 Å². The van der Waals surface area contributed by atoms with Crippen LogP contribution in [0.5, 0.6) is 0 Å². The van der Waals surface area contributed by atoms with E-state index in [0.717, 1.165) is 25.5 Å². The van der Waals surface area contributed by atoms with Crippen LogP contribution in [0.25, 0.3) is 10.9 Å². The second-order valence-electron chi connectivity index (χ2n) is 4.98. The quantitative estimate of drug-likeness (QED) is 0.432. The Hall–Kier alpha value is -2.01. The van der Waals surface area contributed by atoms with Crippen LogP contribution in [-0.4, -0.2) is 44.8 Å². The highest BCUT2D eigenvalue weighted by Crippen LogP contribution is 2.22. The van der Waals surface area contributed by atoms with Gasteiger partial charge < -0.3 is 20.4 Å². The highest BCUT2D eigenvalue weighted by Gasteiger charge is 2.06. The summed E-state index contributed by atoms with van der Waals surface area (Å²) in [7, 11) is 3.47. The van der Waals surface area contributed by atoms with Gasteiger partial charge in [-0.1, -0.05) is 12.1 Å². The molecular weight excluding hydrogens is 264 g/mol. The van der Waals surface area contributed by atoms with E-state index >= 15 is 0 Å². The summed E-state index contributed by atoms with van der Waals surface area (Å²) in [4.78, 5) is 7.52. The topological polar surface area (TPSA) is 61.4 Å². The van der Waals surface area contributed by atoms with Crippen molar-refractivity contribution in [2.24, 2.45) is 4.99 Å². The Morgan fingerprint density at radius 3 is 2.86 bits per heavy atom. The first-order valence-electron chi connectivity index (χ1n) is 7.25. The summed E-state index contributed by atoms with van der Waals surface area (Å²) < 4.78 is 5.01. The van der Waals surface area contributed by atoms with Crippen LogP contribution in [0.3, 0.4) is 0 Å². The molecule has 0 saturated carbocycles. The molecule has 1 aromatic heterocycles. The van der Waals surface area contributed by atoms with Crippen LogP contribution in [0.2, 0.25) is 0 Å². The van der Waals surface area contributed by atoms with Gasteiger partial charge in [0.2, 0.25) is 0 Å². The van der Waals surface area contributed by atoms with Gasteiger partial charge in [-0.2, -0.15) is 0 Å². The summed E-state index contributed by atoms with van der Waals surface area (Å²) in [6.07, 6.45) is 3.05. The molecule has 5 heteroatoms. The van der Waals surface area contributed by atoms with Crippen LogP contribution < -0.4 is 10.6 Å². The fourth-order valence-corrected chi connectivity index (χ4v) is 2.46. The molecule has 0 amide bonds. The van der Waals surface area contributed by atoms with Crippen LogP contribution >= 0.6 is 0 Å². The van der Waals surface area contributed by atoms with E-state index in [1.165, 1.54) is 22.0 Å². The van der Waals surface area contributed by atoms with Crippen molar-refractivity contribution in [1.82, 2.24) is 15.6 Å². The molecule has 2 rings (SSSR count). The molecule has 0 bridgehead atoms. The molecule has 0 unspecified atom stereocenters. The smallest absolute Gasteiger partial charge is 0.191 e. The Labute approximate surface area is 125 Å². The van der Waals surface area contributed by atoms with E-state index in [9.17, 15) is 0 Å². The SMILES string of the molecule is CN=C(NCCOC)NCCc1c[nH]c2cccc(C)c12. The average Bonchev–Trinajstić information content (AvgIpc) is 2.90. The maximum atomic E-state index is 5.01. The number of rotatable bonds is 6.